The normalized spacial score (nSPS) is 9.57. The second kappa shape index (κ2) is 4.72. The molecule has 0 radical (unpaired) electrons. The number of pyridine rings is 1. The topological polar surface area (TPSA) is 56.3 Å². The molecule has 0 amide bonds. The van der Waals surface area contributed by atoms with Crippen LogP contribution in [0.25, 0.3) is 0 Å². The Morgan fingerprint density at radius 2 is 2.43 bits per heavy atom. The Labute approximate surface area is 85.9 Å². The summed E-state index contributed by atoms with van der Waals surface area (Å²) in [5.41, 5.74) is 0.349. The van der Waals surface area contributed by atoms with Crippen LogP contribution in [0.2, 0.25) is 5.02 Å². The molecule has 1 heterocycles. The quantitative estimate of drug-likeness (QED) is 0.567. The van der Waals surface area contributed by atoms with Gasteiger partial charge in [-0.3, -0.25) is 4.79 Å². The van der Waals surface area contributed by atoms with Crippen molar-refractivity contribution in [3.8, 4) is 0 Å². The Morgan fingerprint density at radius 1 is 1.71 bits per heavy atom. The maximum atomic E-state index is 11.2. The van der Waals surface area contributed by atoms with Crippen LogP contribution in [0.5, 0.6) is 0 Å². The number of aromatic nitrogens is 1. The zero-order valence-corrected chi connectivity index (χ0v) is 8.25. The van der Waals surface area contributed by atoms with Crippen LogP contribution in [0.3, 0.4) is 0 Å². The monoisotopic (exact) mass is 213 g/mol. The Hall–Kier alpha value is -1.42. The predicted octanol–water partition coefficient (Wildman–Crippen LogP) is 1.72. The fourth-order valence-corrected chi connectivity index (χ4v) is 1.12. The SMILES string of the molecule is CCOC(=O)c1ncc(C=O)cc1Cl. The van der Waals surface area contributed by atoms with E-state index in [0.29, 0.717) is 11.8 Å². The molecule has 74 valence electrons. The number of hydrogen-bond acceptors (Lipinski definition) is 4. The highest BCUT2D eigenvalue weighted by Gasteiger charge is 2.13. The van der Waals surface area contributed by atoms with Gasteiger partial charge >= 0.3 is 5.97 Å². The van der Waals surface area contributed by atoms with E-state index in [1.54, 1.807) is 6.92 Å². The highest BCUT2D eigenvalue weighted by Crippen LogP contribution is 2.15. The molecule has 0 aliphatic carbocycles. The van der Waals surface area contributed by atoms with Crippen LogP contribution in [0, 0.1) is 0 Å². The smallest absolute Gasteiger partial charge is 0.358 e. The van der Waals surface area contributed by atoms with Crippen LogP contribution >= 0.6 is 11.6 Å². The van der Waals surface area contributed by atoms with Crippen molar-refractivity contribution in [2.24, 2.45) is 0 Å². The van der Waals surface area contributed by atoms with Crippen LogP contribution in [0.4, 0.5) is 0 Å². The number of aldehydes is 1. The van der Waals surface area contributed by atoms with Gasteiger partial charge in [0.1, 0.15) is 0 Å². The Morgan fingerprint density at radius 3 is 2.93 bits per heavy atom. The first-order valence-corrected chi connectivity index (χ1v) is 4.34. The van der Waals surface area contributed by atoms with Crippen molar-refractivity contribution in [1.29, 1.82) is 0 Å². The van der Waals surface area contributed by atoms with Crippen molar-refractivity contribution in [1.82, 2.24) is 4.98 Å². The fraction of sp³-hybridized carbons (Fsp3) is 0.222. The molecule has 0 saturated heterocycles. The summed E-state index contributed by atoms with van der Waals surface area (Å²) in [7, 11) is 0. The average Bonchev–Trinajstić information content (AvgIpc) is 2.17. The molecule has 0 fully saturated rings. The van der Waals surface area contributed by atoms with Gasteiger partial charge in [0.05, 0.1) is 11.6 Å². The molecule has 1 rings (SSSR count). The van der Waals surface area contributed by atoms with E-state index < -0.39 is 5.97 Å². The first kappa shape index (κ1) is 10.7. The third-order valence-corrected chi connectivity index (χ3v) is 1.76. The van der Waals surface area contributed by atoms with E-state index in [-0.39, 0.29) is 17.3 Å². The number of halogens is 1. The van der Waals surface area contributed by atoms with E-state index in [9.17, 15) is 9.59 Å². The van der Waals surface area contributed by atoms with Crippen molar-refractivity contribution in [2.75, 3.05) is 6.61 Å². The van der Waals surface area contributed by atoms with Crippen molar-refractivity contribution in [3.05, 3.63) is 28.5 Å². The molecular weight excluding hydrogens is 206 g/mol. The summed E-state index contributed by atoms with van der Waals surface area (Å²) in [5.74, 6) is -0.588. The second-order valence-corrected chi connectivity index (χ2v) is 2.84. The third kappa shape index (κ3) is 2.29. The second-order valence-electron chi connectivity index (χ2n) is 2.44. The maximum absolute atomic E-state index is 11.2. The van der Waals surface area contributed by atoms with Gasteiger partial charge in [0.2, 0.25) is 0 Å². The molecule has 0 spiro atoms. The van der Waals surface area contributed by atoms with Gasteiger partial charge in [0.15, 0.2) is 12.0 Å². The van der Waals surface area contributed by atoms with Gasteiger partial charge in [-0.25, -0.2) is 9.78 Å². The lowest BCUT2D eigenvalue weighted by molar-refractivity contribution is 0.0519. The van der Waals surface area contributed by atoms with Crippen molar-refractivity contribution >= 4 is 23.9 Å². The largest absolute Gasteiger partial charge is 0.461 e. The molecule has 0 bridgehead atoms. The van der Waals surface area contributed by atoms with Crippen molar-refractivity contribution in [3.63, 3.8) is 0 Å². The lowest BCUT2D eigenvalue weighted by Gasteiger charge is -2.02. The number of rotatable bonds is 3. The summed E-state index contributed by atoms with van der Waals surface area (Å²) in [4.78, 5) is 25.3. The van der Waals surface area contributed by atoms with Gasteiger partial charge in [0.25, 0.3) is 0 Å². The molecule has 0 aliphatic rings. The van der Waals surface area contributed by atoms with E-state index >= 15 is 0 Å². The van der Waals surface area contributed by atoms with Gasteiger partial charge in [-0.2, -0.15) is 0 Å². The van der Waals surface area contributed by atoms with Gasteiger partial charge in [0, 0.05) is 11.8 Å². The summed E-state index contributed by atoms with van der Waals surface area (Å²) < 4.78 is 4.71. The van der Waals surface area contributed by atoms with Crippen LogP contribution in [-0.2, 0) is 4.74 Å². The predicted molar refractivity (Wildman–Crippen MR) is 50.6 cm³/mol. The van der Waals surface area contributed by atoms with Gasteiger partial charge in [-0.05, 0) is 13.0 Å². The van der Waals surface area contributed by atoms with E-state index in [2.05, 4.69) is 4.98 Å². The standard InChI is InChI=1S/C9H8ClNO3/c1-2-14-9(13)8-7(10)3-6(5-12)4-11-8/h3-5H,2H2,1H3. The molecule has 0 saturated carbocycles. The molecule has 0 unspecified atom stereocenters. The summed E-state index contributed by atoms with van der Waals surface area (Å²) in [5, 5.41) is 0.119. The third-order valence-electron chi connectivity index (χ3n) is 1.47. The summed E-state index contributed by atoms with van der Waals surface area (Å²) in [6.45, 7) is 1.94. The molecule has 4 nitrogen and oxygen atoms in total. The zero-order chi connectivity index (χ0) is 10.6. The van der Waals surface area contributed by atoms with Crippen LogP contribution in [0.15, 0.2) is 12.3 Å². The van der Waals surface area contributed by atoms with Crippen LogP contribution < -0.4 is 0 Å². The molecule has 0 aliphatic heterocycles. The molecule has 14 heavy (non-hydrogen) atoms. The lowest BCUT2D eigenvalue weighted by atomic mass is 10.2. The molecule has 1 aromatic heterocycles. The minimum atomic E-state index is -0.588. The van der Waals surface area contributed by atoms with E-state index in [1.165, 1.54) is 12.3 Å². The molecule has 0 atom stereocenters. The molecule has 0 aromatic carbocycles. The first-order chi connectivity index (χ1) is 6.69. The summed E-state index contributed by atoms with van der Waals surface area (Å²) >= 11 is 5.72. The van der Waals surface area contributed by atoms with E-state index in [1.807, 2.05) is 0 Å². The van der Waals surface area contributed by atoms with Crippen molar-refractivity contribution < 1.29 is 14.3 Å². The molecule has 5 heteroatoms. The van der Waals surface area contributed by atoms with Gasteiger partial charge < -0.3 is 4.74 Å². The number of esters is 1. The van der Waals surface area contributed by atoms with Crippen LogP contribution in [-0.4, -0.2) is 23.8 Å². The summed E-state index contributed by atoms with van der Waals surface area (Å²) in [6, 6.07) is 1.37. The Balaban J connectivity index is 2.99. The zero-order valence-electron chi connectivity index (χ0n) is 7.49. The lowest BCUT2D eigenvalue weighted by Crippen LogP contribution is -2.08. The van der Waals surface area contributed by atoms with E-state index in [0.717, 1.165) is 0 Å². The molecule has 1 aromatic rings. The molecular formula is C9H8ClNO3. The minimum absolute atomic E-state index is 0.0270. The van der Waals surface area contributed by atoms with E-state index in [4.69, 9.17) is 16.3 Å². The maximum Gasteiger partial charge on any atom is 0.358 e. The van der Waals surface area contributed by atoms with Crippen molar-refractivity contribution in [2.45, 2.75) is 6.92 Å². The van der Waals surface area contributed by atoms with Crippen LogP contribution in [0.1, 0.15) is 27.8 Å². The summed E-state index contributed by atoms with van der Waals surface area (Å²) in [6.07, 6.45) is 1.87. The highest BCUT2D eigenvalue weighted by molar-refractivity contribution is 6.33. The molecule has 0 N–H and O–H groups in total. The van der Waals surface area contributed by atoms with Gasteiger partial charge in [-0.1, -0.05) is 11.6 Å². The number of nitrogens with zero attached hydrogens (tertiary/aromatic N) is 1. The average molecular weight is 214 g/mol. The highest BCUT2D eigenvalue weighted by atomic mass is 35.5. The number of carbonyl (C=O) groups is 2. The minimum Gasteiger partial charge on any atom is -0.461 e. The van der Waals surface area contributed by atoms with Gasteiger partial charge in [-0.15, -0.1) is 0 Å². The number of hydrogen-bond donors (Lipinski definition) is 0. The first-order valence-electron chi connectivity index (χ1n) is 3.97. The number of carbonyl (C=O) groups excluding carboxylic acids is 2. The number of ether oxygens (including phenoxy) is 1. The Bertz CT molecular complexity index is 365. The Kier molecular flexibility index (Phi) is 3.59. The fourth-order valence-electron chi connectivity index (χ4n) is 0.867.